The number of ketones is 1. The van der Waals surface area contributed by atoms with E-state index in [1.807, 2.05) is 50.2 Å². The number of hydrogen-bond donors (Lipinski definition) is 1. The van der Waals surface area contributed by atoms with Gasteiger partial charge in [-0.3, -0.25) is 9.59 Å². The van der Waals surface area contributed by atoms with E-state index in [9.17, 15) is 14.7 Å². The number of carbonyl (C=O) groups is 2. The highest BCUT2D eigenvalue weighted by Crippen LogP contribution is 2.43. The Morgan fingerprint density at radius 1 is 1.16 bits per heavy atom. The van der Waals surface area contributed by atoms with Gasteiger partial charge in [0.05, 0.1) is 29.3 Å². The summed E-state index contributed by atoms with van der Waals surface area (Å²) >= 11 is 12.4. The van der Waals surface area contributed by atoms with Crippen LogP contribution in [-0.4, -0.2) is 60.9 Å². The molecule has 1 fully saturated rings. The van der Waals surface area contributed by atoms with Crippen LogP contribution in [0.25, 0.3) is 5.76 Å². The highest BCUT2D eigenvalue weighted by molar-refractivity contribution is 6.46. The summed E-state index contributed by atoms with van der Waals surface area (Å²) in [6, 6.07) is 9.88. The quantitative estimate of drug-likeness (QED) is 0.360. The maximum atomic E-state index is 13.1. The average molecular weight is 477 g/mol. The molecule has 8 heteroatoms. The highest BCUT2D eigenvalue weighted by Gasteiger charge is 2.46. The molecule has 1 saturated heterocycles. The molecule has 0 spiro atoms. The summed E-state index contributed by atoms with van der Waals surface area (Å²) in [7, 11) is 5.18. The van der Waals surface area contributed by atoms with E-state index in [1.165, 1.54) is 24.1 Å². The number of methoxy groups -OCH3 is 1. The number of amides is 1. The molecule has 0 aliphatic carbocycles. The fraction of sp³-hybridized carbons (Fsp3) is 0.333. The minimum Gasteiger partial charge on any atom is -0.507 e. The Balaban J connectivity index is 2.23. The number of Topliss-reactive ketones (excluding diaryl/α,β-unsaturated/α-hetero) is 1. The molecular formula is C24H26Cl2N2O4. The predicted octanol–water partition coefficient (Wildman–Crippen LogP) is 4.55. The molecule has 1 N–H and O–H groups in total. The summed E-state index contributed by atoms with van der Waals surface area (Å²) < 4.78 is 5.35. The van der Waals surface area contributed by atoms with Crippen LogP contribution in [0, 0.1) is 0 Å². The van der Waals surface area contributed by atoms with Crippen molar-refractivity contribution < 1.29 is 19.4 Å². The van der Waals surface area contributed by atoms with Gasteiger partial charge in [-0.15, -0.1) is 0 Å². The average Bonchev–Trinajstić information content (AvgIpc) is 3.01. The van der Waals surface area contributed by atoms with Gasteiger partial charge in [-0.1, -0.05) is 54.4 Å². The molecule has 0 radical (unpaired) electrons. The molecule has 6 nitrogen and oxygen atoms in total. The van der Waals surface area contributed by atoms with Crippen molar-refractivity contribution in [1.82, 2.24) is 9.80 Å². The standard InChI is InChI=1S/C24H26Cl2N2O4/c1-5-14-6-8-15(9-7-14)20-19(22(30)24(31)28(20)11-10-27(2)3)21(29)17-12-16(25)13-18(26)23(17)32-4/h6-9,12-13,20,29H,5,10-11H2,1-4H3/b21-19+. The lowest BCUT2D eigenvalue weighted by Crippen LogP contribution is -2.35. The first kappa shape index (κ1) is 24.1. The van der Waals surface area contributed by atoms with Crippen LogP contribution in [0.1, 0.15) is 29.7 Å². The zero-order valence-corrected chi connectivity index (χ0v) is 20.0. The first-order valence-corrected chi connectivity index (χ1v) is 11.0. The van der Waals surface area contributed by atoms with Gasteiger partial charge < -0.3 is 19.6 Å². The number of aliphatic hydroxyl groups is 1. The highest BCUT2D eigenvalue weighted by atomic mass is 35.5. The minimum absolute atomic E-state index is 0.0189. The fourth-order valence-electron chi connectivity index (χ4n) is 3.79. The number of aliphatic hydroxyl groups excluding tert-OH is 1. The van der Waals surface area contributed by atoms with E-state index < -0.39 is 17.7 Å². The molecule has 3 rings (SSSR count). The van der Waals surface area contributed by atoms with E-state index in [4.69, 9.17) is 27.9 Å². The third-order valence-corrected chi connectivity index (χ3v) is 6.00. The number of nitrogens with zero attached hydrogens (tertiary/aromatic N) is 2. The van der Waals surface area contributed by atoms with Crippen LogP contribution >= 0.6 is 23.2 Å². The van der Waals surface area contributed by atoms with Crippen LogP contribution in [0.15, 0.2) is 42.0 Å². The smallest absolute Gasteiger partial charge is 0.295 e. The van der Waals surface area contributed by atoms with Gasteiger partial charge in [0, 0.05) is 18.1 Å². The summed E-state index contributed by atoms with van der Waals surface area (Å²) in [5.41, 5.74) is 2.00. The van der Waals surface area contributed by atoms with Crippen molar-refractivity contribution in [1.29, 1.82) is 0 Å². The number of hydrogen-bond acceptors (Lipinski definition) is 5. The zero-order valence-electron chi connectivity index (χ0n) is 18.5. The molecule has 1 heterocycles. The third kappa shape index (κ3) is 4.63. The van der Waals surface area contributed by atoms with Crippen molar-refractivity contribution in [3.05, 3.63) is 68.7 Å². The Bertz CT molecular complexity index is 1060. The number of aryl methyl sites for hydroxylation is 1. The fourth-order valence-corrected chi connectivity index (χ4v) is 4.36. The zero-order chi connectivity index (χ0) is 23.6. The van der Waals surface area contributed by atoms with Crippen LogP contribution in [0.3, 0.4) is 0 Å². The van der Waals surface area contributed by atoms with Crippen LogP contribution < -0.4 is 4.74 Å². The first-order valence-electron chi connectivity index (χ1n) is 10.2. The Labute approximate surface area is 198 Å². The van der Waals surface area contributed by atoms with Crippen molar-refractivity contribution in [2.75, 3.05) is 34.3 Å². The molecule has 2 aromatic rings. The molecule has 1 unspecified atom stereocenters. The summed E-state index contributed by atoms with van der Waals surface area (Å²) in [5.74, 6) is -1.62. The summed E-state index contributed by atoms with van der Waals surface area (Å²) in [6.45, 7) is 2.93. The van der Waals surface area contributed by atoms with E-state index >= 15 is 0 Å². The van der Waals surface area contributed by atoms with E-state index in [0.717, 1.165) is 17.5 Å². The van der Waals surface area contributed by atoms with Gasteiger partial charge in [-0.05, 0) is 43.8 Å². The largest absolute Gasteiger partial charge is 0.507 e. The maximum absolute atomic E-state index is 13.1. The number of carbonyl (C=O) groups excluding carboxylic acids is 2. The molecule has 1 atom stereocenters. The SMILES string of the molecule is CCc1ccc(C2/C(=C(\O)c3cc(Cl)cc(Cl)c3OC)C(=O)C(=O)N2CCN(C)C)cc1. The van der Waals surface area contributed by atoms with Crippen LogP contribution in [0.5, 0.6) is 5.75 Å². The molecule has 0 aromatic heterocycles. The number of ether oxygens (including phenoxy) is 1. The molecular weight excluding hydrogens is 451 g/mol. The van der Waals surface area contributed by atoms with E-state index in [0.29, 0.717) is 13.1 Å². The second kappa shape index (κ2) is 9.94. The molecule has 1 aliphatic rings. The third-order valence-electron chi connectivity index (χ3n) is 5.50. The molecule has 32 heavy (non-hydrogen) atoms. The number of halogens is 2. The van der Waals surface area contributed by atoms with Crippen molar-refractivity contribution in [2.24, 2.45) is 0 Å². The van der Waals surface area contributed by atoms with E-state index in [1.54, 1.807) is 0 Å². The molecule has 0 saturated carbocycles. The van der Waals surface area contributed by atoms with Crippen molar-refractivity contribution >= 4 is 40.7 Å². The van der Waals surface area contributed by atoms with Gasteiger partial charge in [0.2, 0.25) is 0 Å². The second-order valence-corrected chi connectivity index (χ2v) is 8.70. The molecule has 0 bridgehead atoms. The van der Waals surface area contributed by atoms with Crippen molar-refractivity contribution in [2.45, 2.75) is 19.4 Å². The van der Waals surface area contributed by atoms with Crippen LogP contribution in [0.2, 0.25) is 10.0 Å². The lowest BCUT2D eigenvalue weighted by Gasteiger charge is -2.27. The van der Waals surface area contributed by atoms with Crippen LogP contribution in [0.4, 0.5) is 0 Å². The molecule has 1 aliphatic heterocycles. The Hall–Kier alpha value is -2.54. The first-order chi connectivity index (χ1) is 15.2. The summed E-state index contributed by atoms with van der Waals surface area (Å²) in [4.78, 5) is 29.5. The number of benzene rings is 2. The molecule has 170 valence electrons. The lowest BCUT2D eigenvalue weighted by atomic mass is 9.94. The molecule has 2 aromatic carbocycles. The van der Waals surface area contributed by atoms with Gasteiger partial charge >= 0.3 is 0 Å². The second-order valence-electron chi connectivity index (χ2n) is 7.86. The predicted molar refractivity (Wildman–Crippen MR) is 126 cm³/mol. The van der Waals surface area contributed by atoms with Gasteiger partial charge in [0.1, 0.15) is 11.5 Å². The van der Waals surface area contributed by atoms with Crippen molar-refractivity contribution in [3.63, 3.8) is 0 Å². The number of rotatable bonds is 7. The Kier molecular flexibility index (Phi) is 7.49. The summed E-state index contributed by atoms with van der Waals surface area (Å²) in [5, 5.41) is 11.7. The maximum Gasteiger partial charge on any atom is 0.295 e. The molecule has 1 amide bonds. The monoisotopic (exact) mass is 476 g/mol. The lowest BCUT2D eigenvalue weighted by molar-refractivity contribution is -0.140. The van der Waals surface area contributed by atoms with Gasteiger partial charge in [0.15, 0.2) is 0 Å². The minimum atomic E-state index is -0.760. The normalized spacial score (nSPS) is 18.0. The van der Waals surface area contributed by atoms with Gasteiger partial charge in [0.25, 0.3) is 11.7 Å². The number of likely N-dealkylation sites (N-methyl/N-ethyl adjacent to an activating group) is 1. The van der Waals surface area contributed by atoms with Crippen LogP contribution in [-0.2, 0) is 16.0 Å². The van der Waals surface area contributed by atoms with Gasteiger partial charge in [-0.2, -0.15) is 0 Å². The van der Waals surface area contributed by atoms with E-state index in [-0.39, 0.29) is 32.7 Å². The Morgan fingerprint density at radius 3 is 2.38 bits per heavy atom. The topological polar surface area (TPSA) is 70.1 Å². The van der Waals surface area contributed by atoms with Gasteiger partial charge in [-0.25, -0.2) is 0 Å². The summed E-state index contributed by atoms with van der Waals surface area (Å²) in [6.07, 6.45) is 0.860. The Morgan fingerprint density at radius 2 is 1.81 bits per heavy atom. The van der Waals surface area contributed by atoms with E-state index in [2.05, 4.69) is 0 Å². The van der Waals surface area contributed by atoms with Crippen molar-refractivity contribution in [3.8, 4) is 5.75 Å². The number of likely N-dealkylation sites (tertiary alicyclic amines) is 1.